The summed E-state index contributed by atoms with van der Waals surface area (Å²) in [6, 6.07) is 12.9. The van der Waals surface area contributed by atoms with Gasteiger partial charge in [0.2, 0.25) is 18.6 Å². The molecular formula is C21H21ClN2O4. The van der Waals surface area contributed by atoms with E-state index in [4.69, 9.17) is 21.1 Å². The van der Waals surface area contributed by atoms with E-state index in [-0.39, 0.29) is 30.9 Å². The molecule has 0 aliphatic carbocycles. The first kappa shape index (κ1) is 18.6. The lowest BCUT2D eigenvalue weighted by molar-refractivity contribution is -0.136. The Labute approximate surface area is 168 Å². The summed E-state index contributed by atoms with van der Waals surface area (Å²) < 4.78 is 10.7. The van der Waals surface area contributed by atoms with Crippen molar-refractivity contribution in [2.24, 2.45) is 5.92 Å². The molecule has 7 heteroatoms. The van der Waals surface area contributed by atoms with Crippen LogP contribution in [0.5, 0.6) is 11.5 Å². The van der Waals surface area contributed by atoms with Gasteiger partial charge in [0.05, 0.1) is 5.92 Å². The summed E-state index contributed by atoms with van der Waals surface area (Å²) in [5.74, 6) is 0.852. The molecule has 2 heterocycles. The van der Waals surface area contributed by atoms with E-state index in [1.54, 1.807) is 21.9 Å². The van der Waals surface area contributed by atoms with E-state index in [1.165, 1.54) is 0 Å². The Morgan fingerprint density at radius 1 is 1.21 bits per heavy atom. The molecule has 146 valence electrons. The van der Waals surface area contributed by atoms with E-state index in [0.717, 1.165) is 11.3 Å². The van der Waals surface area contributed by atoms with Gasteiger partial charge in [0.15, 0.2) is 11.5 Å². The predicted octanol–water partition coefficient (Wildman–Crippen LogP) is 3.47. The van der Waals surface area contributed by atoms with Gasteiger partial charge in [-0.2, -0.15) is 0 Å². The van der Waals surface area contributed by atoms with Crippen LogP contribution in [0.4, 0.5) is 5.69 Å². The van der Waals surface area contributed by atoms with Crippen molar-refractivity contribution in [3.63, 3.8) is 0 Å². The van der Waals surface area contributed by atoms with Crippen LogP contribution in [0.3, 0.4) is 0 Å². The highest BCUT2D eigenvalue weighted by atomic mass is 35.5. The van der Waals surface area contributed by atoms with Crippen molar-refractivity contribution < 1.29 is 19.1 Å². The number of halogens is 1. The molecular weight excluding hydrogens is 380 g/mol. The number of nitrogens with zero attached hydrogens (tertiary/aromatic N) is 2. The van der Waals surface area contributed by atoms with E-state index in [2.05, 4.69) is 0 Å². The number of carbonyl (C=O) groups excluding carboxylic acids is 2. The van der Waals surface area contributed by atoms with Crippen LogP contribution in [0.1, 0.15) is 18.9 Å². The highest BCUT2D eigenvalue weighted by Crippen LogP contribution is 2.37. The van der Waals surface area contributed by atoms with Gasteiger partial charge in [0.1, 0.15) is 0 Å². The normalized spacial score (nSPS) is 17.9. The van der Waals surface area contributed by atoms with Gasteiger partial charge in [-0.05, 0) is 36.8 Å². The standard InChI is InChI=1S/C21H21ClN2O4/c1-2-23(11-14-4-3-5-16(22)8-14)21(26)15-9-20(25)24(12-15)17-6-7-18-19(10-17)28-13-27-18/h3-8,10,15H,2,9,11-13H2,1H3. The molecule has 0 bridgehead atoms. The molecule has 1 unspecified atom stereocenters. The topological polar surface area (TPSA) is 59.1 Å². The van der Waals surface area contributed by atoms with Crippen LogP contribution in [0, 0.1) is 5.92 Å². The number of hydrogen-bond acceptors (Lipinski definition) is 4. The number of benzene rings is 2. The Bertz CT molecular complexity index is 917. The van der Waals surface area contributed by atoms with Gasteiger partial charge in [-0.15, -0.1) is 0 Å². The Morgan fingerprint density at radius 3 is 2.82 bits per heavy atom. The summed E-state index contributed by atoms with van der Waals surface area (Å²) in [5, 5.41) is 0.644. The molecule has 2 aromatic carbocycles. The number of carbonyl (C=O) groups is 2. The number of anilines is 1. The molecule has 0 saturated carbocycles. The maximum Gasteiger partial charge on any atom is 0.231 e. The molecule has 1 fully saturated rings. The Balaban J connectivity index is 1.47. The monoisotopic (exact) mass is 400 g/mol. The fourth-order valence-corrected chi connectivity index (χ4v) is 3.85. The number of ether oxygens (including phenoxy) is 2. The summed E-state index contributed by atoms with van der Waals surface area (Å²) >= 11 is 6.05. The number of amides is 2. The molecule has 2 aliphatic heterocycles. The van der Waals surface area contributed by atoms with Gasteiger partial charge in [-0.3, -0.25) is 9.59 Å². The first-order valence-corrected chi connectivity index (χ1v) is 9.66. The minimum Gasteiger partial charge on any atom is -0.454 e. The summed E-state index contributed by atoms with van der Waals surface area (Å²) in [4.78, 5) is 29.0. The first-order valence-electron chi connectivity index (χ1n) is 9.28. The van der Waals surface area contributed by atoms with E-state index in [0.29, 0.717) is 36.2 Å². The maximum absolute atomic E-state index is 13.0. The number of rotatable bonds is 5. The van der Waals surface area contributed by atoms with Crippen molar-refractivity contribution in [1.29, 1.82) is 0 Å². The summed E-state index contributed by atoms with van der Waals surface area (Å²) in [6.45, 7) is 3.53. The second-order valence-electron chi connectivity index (χ2n) is 6.93. The zero-order valence-electron chi connectivity index (χ0n) is 15.6. The van der Waals surface area contributed by atoms with Crippen molar-refractivity contribution in [1.82, 2.24) is 4.90 Å². The predicted molar refractivity (Wildman–Crippen MR) is 106 cm³/mol. The zero-order valence-corrected chi connectivity index (χ0v) is 16.3. The summed E-state index contributed by atoms with van der Waals surface area (Å²) in [5.41, 5.74) is 1.70. The van der Waals surface area contributed by atoms with E-state index < -0.39 is 0 Å². The fraction of sp³-hybridized carbons (Fsp3) is 0.333. The third kappa shape index (κ3) is 3.64. The van der Waals surface area contributed by atoms with Crippen LogP contribution < -0.4 is 14.4 Å². The minimum atomic E-state index is -0.364. The average Bonchev–Trinajstić information content (AvgIpc) is 3.31. The van der Waals surface area contributed by atoms with Crippen LogP contribution in [0.25, 0.3) is 0 Å². The van der Waals surface area contributed by atoms with Crippen molar-refractivity contribution in [2.45, 2.75) is 19.9 Å². The fourth-order valence-electron chi connectivity index (χ4n) is 3.64. The summed E-state index contributed by atoms with van der Waals surface area (Å²) in [7, 11) is 0. The SMILES string of the molecule is CCN(Cc1cccc(Cl)c1)C(=O)C1CC(=O)N(c2ccc3c(c2)OCO3)C1. The Morgan fingerprint density at radius 2 is 2.04 bits per heavy atom. The van der Waals surface area contributed by atoms with Crippen molar-refractivity contribution >= 4 is 29.1 Å². The molecule has 6 nitrogen and oxygen atoms in total. The van der Waals surface area contributed by atoms with E-state index >= 15 is 0 Å². The van der Waals surface area contributed by atoms with Gasteiger partial charge in [-0.1, -0.05) is 23.7 Å². The van der Waals surface area contributed by atoms with Crippen LogP contribution in [0.15, 0.2) is 42.5 Å². The quantitative estimate of drug-likeness (QED) is 0.771. The largest absolute Gasteiger partial charge is 0.454 e. The lowest BCUT2D eigenvalue weighted by Gasteiger charge is -2.24. The van der Waals surface area contributed by atoms with Crippen molar-refractivity contribution in [2.75, 3.05) is 24.8 Å². The summed E-state index contributed by atoms with van der Waals surface area (Å²) in [6.07, 6.45) is 0.208. The third-order valence-electron chi connectivity index (χ3n) is 5.10. The van der Waals surface area contributed by atoms with Gasteiger partial charge in [-0.25, -0.2) is 0 Å². The van der Waals surface area contributed by atoms with E-state index in [1.807, 2.05) is 37.3 Å². The Hall–Kier alpha value is -2.73. The molecule has 1 atom stereocenters. The van der Waals surface area contributed by atoms with Crippen LogP contribution in [-0.4, -0.2) is 36.6 Å². The first-order chi connectivity index (χ1) is 13.5. The lowest BCUT2D eigenvalue weighted by Crippen LogP contribution is -2.37. The second-order valence-corrected chi connectivity index (χ2v) is 7.36. The number of fused-ring (bicyclic) bond motifs is 1. The zero-order chi connectivity index (χ0) is 19.7. The van der Waals surface area contributed by atoms with Gasteiger partial charge in [0.25, 0.3) is 0 Å². The highest BCUT2D eigenvalue weighted by molar-refractivity contribution is 6.30. The molecule has 1 saturated heterocycles. The molecule has 2 aromatic rings. The van der Waals surface area contributed by atoms with Gasteiger partial charge >= 0.3 is 0 Å². The second kappa shape index (κ2) is 7.72. The maximum atomic E-state index is 13.0. The third-order valence-corrected chi connectivity index (χ3v) is 5.33. The van der Waals surface area contributed by atoms with Crippen LogP contribution in [-0.2, 0) is 16.1 Å². The van der Waals surface area contributed by atoms with E-state index in [9.17, 15) is 9.59 Å². The molecule has 2 aliphatic rings. The molecule has 0 aromatic heterocycles. The Kier molecular flexibility index (Phi) is 5.13. The van der Waals surface area contributed by atoms with Gasteiger partial charge < -0.3 is 19.3 Å². The highest BCUT2D eigenvalue weighted by Gasteiger charge is 2.37. The minimum absolute atomic E-state index is 0.0148. The molecule has 28 heavy (non-hydrogen) atoms. The van der Waals surface area contributed by atoms with Crippen LogP contribution >= 0.6 is 11.6 Å². The van der Waals surface area contributed by atoms with Crippen molar-refractivity contribution in [3.8, 4) is 11.5 Å². The average molecular weight is 401 g/mol. The van der Waals surface area contributed by atoms with Crippen LogP contribution in [0.2, 0.25) is 5.02 Å². The molecule has 0 spiro atoms. The molecule has 2 amide bonds. The number of hydrogen-bond donors (Lipinski definition) is 0. The molecule has 0 N–H and O–H groups in total. The molecule has 0 radical (unpaired) electrons. The smallest absolute Gasteiger partial charge is 0.231 e. The lowest BCUT2D eigenvalue weighted by atomic mass is 10.1. The molecule has 4 rings (SSSR count). The van der Waals surface area contributed by atoms with Crippen molar-refractivity contribution in [3.05, 3.63) is 53.1 Å². The van der Waals surface area contributed by atoms with Gasteiger partial charge in [0, 0.05) is 42.8 Å².